The Hall–Kier alpha value is -2.30. The number of hydrogen-bond acceptors (Lipinski definition) is 3. The summed E-state index contributed by atoms with van der Waals surface area (Å²) in [6.45, 7) is 4.37. The van der Waals surface area contributed by atoms with Gasteiger partial charge in [0.2, 0.25) is 5.88 Å². The van der Waals surface area contributed by atoms with Crippen LogP contribution in [0, 0.1) is 5.92 Å². The van der Waals surface area contributed by atoms with Crippen LogP contribution in [0.5, 0.6) is 5.88 Å². The molecule has 0 fully saturated rings. The number of aromatic amines is 1. The highest BCUT2D eigenvalue weighted by molar-refractivity contribution is 5.67. The average molecular weight is 274 g/mol. The predicted molar refractivity (Wildman–Crippen MR) is 77.9 cm³/mol. The van der Waals surface area contributed by atoms with E-state index in [-0.39, 0.29) is 17.4 Å². The molecule has 0 amide bonds. The van der Waals surface area contributed by atoms with Crippen LogP contribution >= 0.6 is 0 Å². The van der Waals surface area contributed by atoms with E-state index in [1.165, 1.54) is 4.57 Å². The fraction of sp³-hybridized carbons (Fsp3) is 0.333. The Labute approximate surface area is 116 Å². The zero-order valence-corrected chi connectivity index (χ0v) is 11.6. The maximum absolute atomic E-state index is 11.9. The van der Waals surface area contributed by atoms with Crippen LogP contribution < -0.4 is 11.2 Å². The van der Waals surface area contributed by atoms with Gasteiger partial charge < -0.3 is 5.11 Å². The molecule has 0 aliphatic heterocycles. The highest BCUT2D eigenvalue weighted by Gasteiger charge is 2.16. The van der Waals surface area contributed by atoms with E-state index in [9.17, 15) is 14.7 Å². The van der Waals surface area contributed by atoms with E-state index >= 15 is 0 Å². The van der Waals surface area contributed by atoms with Gasteiger partial charge in [-0.2, -0.15) is 0 Å². The molecule has 0 saturated heterocycles. The van der Waals surface area contributed by atoms with Crippen LogP contribution in [0.4, 0.5) is 0 Å². The number of hydrogen-bond donors (Lipinski definition) is 2. The summed E-state index contributed by atoms with van der Waals surface area (Å²) in [5.74, 6) is -0.0432. The van der Waals surface area contributed by atoms with Gasteiger partial charge in [0.05, 0.1) is 0 Å². The second-order valence-corrected chi connectivity index (χ2v) is 4.95. The first-order valence-electron chi connectivity index (χ1n) is 6.66. The second-order valence-electron chi connectivity index (χ2n) is 4.95. The fourth-order valence-electron chi connectivity index (χ4n) is 2.03. The van der Waals surface area contributed by atoms with Crippen LogP contribution in [-0.4, -0.2) is 14.7 Å². The van der Waals surface area contributed by atoms with E-state index < -0.39 is 11.2 Å². The molecule has 2 N–H and O–H groups in total. The summed E-state index contributed by atoms with van der Waals surface area (Å²) in [6.07, 6.45) is 0.881. The lowest BCUT2D eigenvalue weighted by atomic mass is 10.1. The molecule has 1 atom stereocenters. The third kappa shape index (κ3) is 2.66. The fourth-order valence-corrected chi connectivity index (χ4v) is 2.03. The largest absolute Gasteiger partial charge is 0.494 e. The van der Waals surface area contributed by atoms with E-state index in [0.29, 0.717) is 12.1 Å². The number of nitrogens with one attached hydrogen (secondary N) is 1. The Morgan fingerprint density at radius 3 is 2.50 bits per heavy atom. The van der Waals surface area contributed by atoms with E-state index in [2.05, 4.69) is 4.98 Å². The van der Waals surface area contributed by atoms with Gasteiger partial charge >= 0.3 is 5.69 Å². The molecule has 1 unspecified atom stereocenters. The molecule has 2 aromatic rings. The first-order valence-corrected chi connectivity index (χ1v) is 6.66. The highest BCUT2D eigenvalue weighted by Crippen LogP contribution is 2.24. The molecule has 1 aromatic carbocycles. The number of benzene rings is 1. The average Bonchev–Trinajstić information content (AvgIpc) is 2.44. The minimum absolute atomic E-state index is 0.133. The molecule has 0 aliphatic carbocycles. The van der Waals surface area contributed by atoms with E-state index in [4.69, 9.17) is 0 Å². The van der Waals surface area contributed by atoms with Gasteiger partial charge in [-0.15, -0.1) is 0 Å². The molecule has 0 bridgehead atoms. The molecule has 0 saturated carbocycles. The van der Waals surface area contributed by atoms with Gasteiger partial charge in [-0.05, 0) is 11.5 Å². The predicted octanol–water partition coefficient (Wildman–Crippen LogP) is 1.96. The molecule has 0 spiro atoms. The molecule has 0 radical (unpaired) electrons. The van der Waals surface area contributed by atoms with Gasteiger partial charge in [-0.25, -0.2) is 4.79 Å². The van der Waals surface area contributed by atoms with Crippen LogP contribution in [0.3, 0.4) is 0 Å². The molecule has 5 heteroatoms. The number of aromatic nitrogens is 2. The molecule has 106 valence electrons. The second kappa shape index (κ2) is 5.77. The Balaban J connectivity index is 2.62. The van der Waals surface area contributed by atoms with E-state index in [1.54, 1.807) is 24.3 Å². The molecule has 0 aliphatic rings. The van der Waals surface area contributed by atoms with Crippen molar-refractivity contribution in [1.82, 2.24) is 9.55 Å². The number of aromatic hydroxyl groups is 1. The zero-order chi connectivity index (χ0) is 14.7. The standard InChI is InChI=1S/C15H18N2O3/c1-3-10(2)9-17-14(19)12(13(18)16-15(17)20)11-7-5-4-6-8-11/h4-8,10,19H,3,9H2,1-2H3,(H,16,18,20). The summed E-state index contributed by atoms with van der Waals surface area (Å²) in [7, 11) is 0. The number of nitrogens with zero attached hydrogens (tertiary/aromatic N) is 1. The molecule has 5 nitrogen and oxygen atoms in total. The number of H-pyrrole nitrogens is 1. The minimum Gasteiger partial charge on any atom is -0.494 e. The Kier molecular flexibility index (Phi) is 4.08. The maximum atomic E-state index is 11.9. The maximum Gasteiger partial charge on any atom is 0.331 e. The van der Waals surface area contributed by atoms with E-state index in [0.717, 1.165) is 6.42 Å². The quantitative estimate of drug-likeness (QED) is 0.894. The van der Waals surface area contributed by atoms with Crippen LogP contribution in [0.25, 0.3) is 11.1 Å². The molecule has 2 rings (SSSR count). The first kappa shape index (κ1) is 14.1. The highest BCUT2D eigenvalue weighted by atomic mass is 16.3. The Morgan fingerprint density at radius 1 is 1.25 bits per heavy atom. The van der Waals surface area contributed by atoms with Crippen LogP contribution in [-0.2, 0) is 6.54 Å². The summed E-state index contributed by atoms with van der Waals surface area (Å²) in [5, 5.41) is 10.3. The smallest absolute Gasteiger partial charge is 0.331 e. The Bertz CT molecular complexity index is 701. The topological polar surface area (TPSA) is 75.1 Å². The molecule has 1 aromatic heterocycles. The van der Waals surface area contributed by atoms with Crippen molar-refractivity contribution in [3.8, 4) is 17.0 Å². The summed E-state index contributed by atoms with van der Waals surface area (Å²) >= 11 is 0. The van der Waals surface area contributed by atoms with Gasteiger partial charge in [0.25, 0.3) is 5.56 Å². The summed E-state index contributed by atoms with van der Waals surface area (Å²) in [4.78, 5) is 26.1. The van der Waals surface area contributed by atoms with Crippen molar-refractivity contribution in [3.05, 3.63) is 51.2 Å². The lowest BCUT2D eigenvalue weighted by molar-refractivity contribution is 0.366. The van der Waals surface area contributed by atoms with Crippen molar-refractivity contribution in [3.63, 3.8) is 0 Å². The first-order chi connectivity index (χ1) is 9.54. The van der Waals surface area contributed by atoms with Gasteiger partial charge in [0.1, 0.15) is 5.56 Å². The van der Waals surface area contributed by atoms with Crippen LogP contribution in [0.15, 0.2) is 39.9 Å². The molecule has 20 heavy (non-hydrogen) atoms. The van der Waals surface area contributed by atoms with Crippen LogP contribution in [0.2, 0.25) is 0 Å². The van der Waals surface area contributed by atoms with Gasteiger partial charge in [0.15, 0.2) is 0 Å². The molecular weight excluding hydrogens is 256 g/mol. The third-order valence-corrected chi connectivity index (χ3v) is 3.43. The molecular formula is C15H18N2O3. The van der Waals surface area contributed by atoms with Crippen LogP contribution in [0.1, 0.15) is 20.3 Å². The minimum atomic E-state index is -0.576. The van der Waals surface area contributed by atoms with Crippen molar-refractivity contribution >= 4 is 0 Å². The zero-order valence-electron chi connectivity index (χ0n) is 11.6. The van der Waals surface area contributed by atoms with Crippen molar-refractivity contribution in [1.29, 1.82) is 0 Å². The number of rotatable bonds is 4. The van der Waals surface area contributed by atoms with Crippen molar-refractivity contribution in [2.75, 3.05) is 0 Å². The molecule has 1 heterocycles. The van der Waals surface area contributed by atoms with Crippen molar-refractivity contribution < 1.29 is 5.11 Å². The van der Waals surface area contributed by atoms with Gasteiger partial charge in [0, 0.05) is 6.54 Å². The van der Waals surface area contributed by atoms with Crippen molar-refractivity contribution in [2.24, 2.45) is 5.92 Å². The lowest BCUT2D eigenvalue weighted by Gasteiger charge is -2.14. The monoisotopic (exact) mass is 274 g/mol. The van der Waals surface area contributed by atoms with Crippen molar-refractivity contribution in [2.45, 2.75) is 26.8 Å². The van der Waals surface area contributed by atoms with Gasteiger partial charge in [-0.3, -0.25) is 14.3 Å². The lowest BCUT2D eigenvalue weighted by Crippen LogP contribution is -2.32. The normalized spacial score (nSPS) is 12.3. The van der Waals surface area contributed by atoms with Gasteiger partial charge in [-0.1, -0.05) is 50.6 Å². The third-order valence-electron chi connectivity index (χ3n) is 3.43. The SMILES string of the molecule is CCC(C)Cn1c(O)c(-c2ccccc2)c(=O)[nH]c1=O. The van der Waals surface area contributed by atoms with E-state index in [1.807, 2.05) is 19.9 Å². The Morgan fingerprint density at radius 2 is 1.90 bits per heavy atom. The summed E-state index contributed by atoms with van der Waals surface area (Å²) < 4.78 is 1.22. The summed E-state index contributed by atoms with van der Waals surface area (Å²) in [5.41, 5.74) is -0.427. The summed E-state index contributed by atoms with van der Waals surface area (Å²) in [6, 6.07) is 8.82.